The van der Waals surface area contributed by atoms with Gasteiger partial charge in [0.05, 0.1) is 12.2 Å². The van der Waals surface area contributed by atoms with Crippen molar-refractivity contribution in [2.75, 3.05) is 33.0 Å². The monoisotopic (exact) mass is 314 g/mol. The molecule has 0 spiro atoms. The van der Waals surface area contributed by atoms with Crippen molar-refractivity contribution in [3.05, 3.63) is 28.2 Å². The maximum atomic E-state index is 5.78. The van der Waals surface area contributed by atoms with Crippen LogP contribution < -0.4 is 5.73 Å². The van der Waals surface area contributed by atoms with Crippen molar-refractivity contribution < 1.29 is 9.47 Å². The largest absolute Gasteiger partial charge is 0.398 e. The highest BCUT2D eigenvalue weighted by atomic mass is 79.9. The number of hydrogen-bond donors (Lipinski definition) is 1. The summed E-state index contributed by atoms with van der Waals surface area (Å²) in [5.41, 5.74) is 7.79. The number of nitrogen functional groups attached to an aromatic ring is 1. The van der Waals surface area contributed by atoms with Gasteiger partial charge in [-0.1, -0.05) is 6.07 Å². The second-order valence-electron chi connectivity index (χ2n) is 4.60. The maximum absolute atomic E-state index is 5.78. The summed E-state index contributed by atoms with van der Waals surface area (Å²) in [6, 6.07) is 6.05. The Kier molecular flexibility index (Phi) is 4.61. The Bertz CT molecular complexity index is 402. The third-order valence-corrected chi connectivity index (χ3v) is 4.05. The molecule has 1 aliphatic heterocycles. The Labute approximate surface area is 116 Å². The van der Waals surface area contributed by atoms with Crippen LogP contribution in [0.5, 0.6) is 0 Å². The number of benzene rings is 1. The highest BCUT2D eigenvalue weighted by Gasteiger charge is 2.32. The van der Waals surface area contributed by atoms with Crippen LogP contribution >= 0.6 is 15.9 Å². The van der Waals surface area contributed by atoms with Crippen molar-refractivity contribution in [3.63, 3.8) is 0 Å². The lowest BCUT2D eigenvalue weighted by Crippen LogP contribution is -2.27. The molecular formula is C13H19BrN2O2. The summed E-state index contributed by atoms with van der Waals surface area (Å²) in [5.74, 6) is 0. The number of likely N-dealkylation sites (tertiary alicyclic amines) is 1. The molecule has 4 nitrogen and oxygen atoms in total. The van der Waals surface area contributed by atoms with E-state index in [0.717, 1.165) is 29.8 Å². The zero-order chi connectivity index (χ0) is 13.1. The summed E-state index contributed by atoms with van der Waals surface area (Å²) in [6.07, 6.45) is 0.319. The summed E-state index contributed by atoms with van der Waals surface area (Å²) >= 11 is 3.45. The average molecular weight is 315 g/mol. The number of methoxy groups -OCH3 is 2. The van der Waals surface area contributed by atoms with Gasteiger partial charge in [-0.05, 0) is 33.6 Å². The number of rotatable bonds is 4. The van der Waals surface area contributed by atoms with Crippen molar-refractivity contribution in [1.82, 2.24) is 4.90 Å². The minimum Gasteiger partial charge on any atom is -0.398 e. The molecule has 1 aromatic rings. The molecule has 1 aromatic carbocycles. The van der Waals surface area contributed by atoms with E-state index >= 15 is 0 Å². The van der Waals surface area contributed by atoms with Gasteiger partial charge in [-0.25, -0.2) is 0 Å². The molecule has 0 radical (unpaired) electrons. The predicted molar refractivity (Wildman–Crippen MR) is 75.4 cm³/mol. The number of ether oxygens (including phenoxy) is 2. The van der Waals surface area contributed by atoms with Crippen LogP contribution in [-0.4, -0.2) is 44.4 Å². The number of hydrogen-bond acceptors (Lipinski definition) is 4. The van der Waals surface area contributed by atoms with E-state index in [-0.39, 0.29) is 12.2 Å². The van der Waals surface area contributed by atoms with Crippen LogP contribution in [0.1, 0.15) is 5.56 Å². The van der Waals surface area contributed by atoms with Crippen LogP contribution in [0.25, 0.3) is 0 Å². The number of halogens is 1. The fourth-order valence-corrected chi connectivity index (χ4v) is 2.75. The van der Waals surface area contributed by atoms with Crippen LogP contribution in [0, 0.1) is 0 Å². The highest BCUT2D eigenvalue weighted by molar-refractivity contribution is 9.10. The summed E-state index contributed by atoms with van der Waals surface area (Å²) in [7, 11) is 3.47. The van der Waals surface area contributed by atoms with Crippen LogP contribution in [-0.2, 0) is 16.0 Å². The minimum absolute atomic E-state index is 0.159. The first-order valence-electron chi connectivity index (χ1n) is 5.96. The van der Waals surface area contributed by atoms with Gasteiger partial charge in [0.1, 0.15) is 0 Å². The Morgan fingerprint density at radius 1 is 1.28 bits per heavy atom. The van der Waals surface area contributed by atoms with E-state index in [4.69, 9.17) is 15.2 Å². The lowest BCUT2D eigenvalue weighted by atomic mass is 10.2. The topological polar surface area (TPSA) is 47.7 Å². The molecule has 0 aliphatic carbocycles. The Morgan fingerprint density at radius 3 is 2.39 bits per heavy atom. The maximum Gasteiger partial charge on any atom is 0.0971 e. The first-order valence-corrected chi connectivity index (χ1v) is 6.75. The molecule has 1 fully saturated rings. The minimum atomic E-state index is 0.159. The molecule has 0 bridgehead atoms. The van der Waals surface area contributed by atoms with Crippen molar-refractivity contribution in [3.8, 4) is 0 Å². The van der Waals surface area contributed by atoms with Gasteiger partial charge in [-0.15, -0.1) is 0 Å². The zero-order valence-electron chi connectivity index (χ0n) is 10.7. The Hall–Kier alpha value is -0.620. The van der Waals surface area contributed by atoms with E-state index in [1.54, 1.807) is 14.2 Å². The second kappa shape index (κ2) is 6.02. The van der Waals surface area contributed by atoms with Crippen molar-refractivity contribution >= 4 is 21.6 Å². The molecular weight excluding hydrogens is 296 g/mol. The van der Waals surface area contributed by atoms with Gasteiger partial charge < -0.3 is 15.2 Å². The van der Waals surface area contributed by atoms with Crippen molar-refractivity contribution in [2.45, 2.75) is 18.8 Å². The highest BCUT2D eigenvalue weighted by Crippen LogP contribution is 2.23. The molecule has 2 rings (SSSR count). The Morgan fingerprint density at radius 2 is 1.89 bits per heavy atom. The van der Waals surface area contributed by atoms with Gasteiger partial charge in [0.25, 0.3) is 0 Å². The van der Waals surface area contributed by atoms with Gasteiger partial charge in [0, 0.05) is 44.0 Å². The molecule has 0 aromatic heterocycles. The molecule has 1 heterocycles. The predicted octanol–water partition coefficient (Wildman–Crippen LogP) is 1.88. The number of anilines is 1. The molecule has 2 N–H and O–H groups in total. The third-order valence-electron chi connectivity index (χ3n) is 3.37. The van der Waals surface area contributed by atoms with Gasteiger partial charge in [-0.2, -0.15) is 0 Å². The van der Waals surface area contributed by atoms with Gasteiger partial charge in [0.2, 0.25) is 0 Å². The normalized spacial score (nSPS) is 24.6. The van der Waals surface area contributed by atoms with E-state index in [2.05, 4.69) is 33.0 Å². The van der Waals surface area contributed by atoms with Gasteiger partial charge in [0.15, 0.2) is 0 Å². The van der Waals surface area contributed by atoms with E-state index in [1.165, 1.54) is 5.56 Å². The molecule has 2 atom stereocenters. The lowest BCUT2D eigenvalue weighted by Gasteiger charge is -2.15. The first kappa shape index (κ1) is 13.8. The standard InChI is InChI=1S/C13H19BrN2O2/c1-17-12-7-16(8-13(12)18-2)6-9-3-4-11(15)10(14)5-9/h3-5,12-13H,6-8,15H2,1-2H3. The van der Waals surface area contributed by atoms with Gasteiger partial charge in [-0.3, -0.25) is 4.90 Å². The molecule has 100 valence electrons. The lowest BCUT2D eigenvalue weighted by molar-refractivity contribution is -0.00461. The smallest absolute Gasteiger partial charge is 0.0971 e. The molecule has 5 heteroatoms. The van der Waals surface area contributed by atoms with Crippen molar-refractivity contribution in [2.24, 2.45) is 0 Å². The first-order chi connectivity index (χ1) is 8.63. The quantitative estimate of drug-likeness (QED) is 0.862. The third kappa shape index (κ3) is 3.03. The summed E-state index contributed by atoms with van der Waals surface area (Å²) < 4.78 is 11.8. The van der Waals surface area contributed by atoms with Crippen LogP contribution in [0.3, 0.4) is 0 Å². The van der Waals surface area contributed by atoms with Crippen molar-refractivity contribution in [1.29, 1.82) is 0 Å². The van der Waals surface area contributed by atoms with Crippen LogP contribution in [0.15, 0.2) is 22.7 Å². The SMILES string of the molecule is COC1CN(Cc2ccc(N)c(Br)c2)CC1OC. The van der Waals surface area contributed by atoms with Crippen LogP contribution in [0.2, 0.25) is 0 Å². The van der Waals surface area contributed by atoms with E-state index in [0.29, 0.717) is 0 Å². The number of nitrogens with zero attached hydrogens (tertiary/aromatic N) is 1. The molecule has 1 aliphatic rings. The van der Waals surface area contributed by atoms with Gasteiger partial charge >= 0.3 is 0 Å². The van der Waals surface area contributed by atoms with E-state index in [9.17, 15) is 0 Å². The summed E-state index contributed by atoms with van der Waals surface area (Å²) in [5, 5.41) is 0. The Balaban J connectivity index is 2.00. The second-order valence-corrected chi connectivity index (χ2v) is 5.45. The molecule has 2 unspecified atom stereocenters. The zero-order valence-corrected chi connectivity index (χ0v) is 12.3. The summed E-state index contributed by atoms with van der Waals surface area (Å²) in [6.45, 7) is 2.69. The summed E-state index contributed by atoms with van der Waals surface area (Å²) in [4.78, 5) is 2.33. The van der Waals surface area contributed by atoms with E-state index < -0.39 is 0 Å². The molecule has 0 amide bonds. The molecule has 0 saturated carbocycles. The molecule has 1 saturated heterocycles. The van der Waals surface area contributed by atoms with Crippen LogP contribution in [0.4, 0.5) is 5.69 Å². The van der Waals surface area contributed by atoms with E-state index in [1.807, 2.05) is 6.07 Å². The fourth-order valence-electron chi connectivity index (χ4n) is 2.33. The number of nitrogens with two attached hydrogens (primary N) is 1. The fraction of sp³-hybridized carbons (Fsp3) is 0.538. The average Bonchev–Trinajstić information content (AvgIpc) is 2.76. The molecule has 18 heavy (non-hydrogen) atoms.